The van der Waals surface area contributed by atoms with Gasteiger partial charge in [-0.3, -0.25) is 4.39 Å². The second-order valence-corrected chi connectivity index (χ2v) is 8.95. The zero-order chi connectivity index (χ0) is 20.6. The fourth-order valence-corrected chi connectivity index (χ4v) is 5.21. The first-order chi connectivity index (χ1) is 14.1. The van der Waals surface area contributed by atoms with Crippen LogP contribution in [0.5, 0.6) is 0 Å². The lowest BCUT2D eigenvalue weighted by atomic mass is 9.74. The van der Waals surface area contributed by atoms with E-state index in [0.717, 1.165) is 37.5 Å². The fraction of sp³-hybridized carbons (Fsp3) is 0.640. The smallest absolute Gasteiger partial charge is 0.144 e. The van der Waals surface area contributed by atoms with Gasteiger partial charge in [0.15, 0.2) is 0 Å². The summed E-state index contributed by atoms with van der Waals surface area (Å²) >= 11 is 0. The van der Waals surface area contributed by atoms with Gasteiger partial charge in [-0.2, -0.15) is 5.26 Å². The summed E-state index contributed by atoms with van der Waals surface area (Å²) in [4.78, 5) is 0. The monoisotopic (exact) mass is 403 g/mol. The molecule has 0 N–H and O–H groups in total. The van der Waals surface area contributed by atoms with Gasteiger partial charge in [0.25, 0.3) is 0 Å². The number of hydrogen-bond acceptors (Lipinski definition) is 1. The van der Waals surface area contributed by atoms with Crippen LogP contribution in [0.3, 0.4) is 0 Å². The topological polar surface area (TPSA) is 23.8 Å². The molecule has 0 saturated heterocycles. The van der Waals surface area contributed by atoms with Crippen LogP contribution in [-0.4, -0.2) is 6.67 Å². The Bertz CT molecular complexity index is 697. The number of allylic oxidation sites excluding steroid dienone is 2. The van der Waals surface area contributed by atoms with E-state index in [0.29, 0.717) is 17.9 Å². The molecule has 0 unspecified atom stereocenters. The molecule has 2 fully saturated rings. The minimum atomic E-state index is -0.736. The number of nitriles is 1. The lowest BCUT2D eigenvalue weighted by molar-refractivity contribution is 0.246. The van der Waals surface area contributed by atoms with Crippen molar-refractivity contribution in [1.29, 1.82) is 5.26 Å². The molecule has 4 heteroatoms. The number of alkyl halides is 1. The Balaban J connectivity index is 1.39. The SMILES string of the molecule is N#Cc1c(F)cc(C2CCC(CC[C@H]3CC[C@H](/C=C/CCF)CC3)CC2)cc1F. The Kier molecular flexibility index (Phi) is 8.21. The zero-order valence-electron chi connectivity index (χ0n) is 17.2. The molecule has 0 radical (unpaired) electrons. The van der Waals surface area contributed by atoms with Crippen LogP contribution in [0.2, 0.25) is 0 Å². The summed E-state index contributed by atoms with van der Waals surface area (Å²) < 4.78 is 40.0. The Morgan fingerprint density at radius 2 is 1.45 bits per heavy atom. The molecule has 0 aliphatic heterocycles. The van der Waals surface area contributed by atoms with Crippen LogP contribution < -0.4 is 0 Å². The van der Waals surface area contributed by atoms with Gasteiger partial charge in [-0.1, -0.05) is 25.0 Å². The number of hydrogen-bond donors (Lipinski definition) is 0. The molecule has 0 atom stereocenters. The van der Waals surface area contributed by atoms with Gasteiger partial charge in [0.1, 0.15) is 23.3 Å². The first-order valence-corrected chi connectivity index (χ1v) is 11.2. The third-order valence-corrected chi connectivity index (χ3v) is 7.05. The van der Waals surface area contributed by atoms with Crippen LogP contribution in [0, 0.1) is 40.7 Å². The van der Waals surface area contributed by atoms with Crippen molar-refractivity contribution in [3.8, 4) is 6.07 Å². The van der Waals surface area contributed by atoms with Crippen LogP contribution in [0.4, 0.5) is 13.2 Å². The molecule has 29 heavy (non-hydrogen) atoms. The van der Waals surface area contributed by atoms with E-state index in [4.69, 9.17) is 5.26 Å². The van der Waals surface area contributed by atoms with Crippen molar-refractivity contribution in [3.05, 3.63) is 47.0 Å². The van der Waals surface area contributed by atoms with Crippen molar-refractivity contribution in [3.63, 3.8) is 0 Å². The van der Waals surface area contributed by atoms with E-state index in [1.165, 1.54) is 50.7 Å². The van der Waals surface area contributed by atoms with Crippen molar-refractivity contribution in [2.75, 3.05) is 6.67 Å². The van der Waals surface area contributed by atoms with Crippen LogP contribution in [-0.2, 0) is 0 Å². The fourth-order valence-electron chi connectivity index (χ4n) is 5.21. The maximum atomic E-state index is 13.9. The van der Waals surface area contributed by atoms with Gasteiger partial charge in [0.2, 0.25) is 0 Å². The number of halogens is 3. The summed E-state index contributed by atoms with van der Waals surface area (Å²) in [5.74, 6) is 0.914. The molecule has 2 saturated carbocycles. The zero-order valence-corrected chi connectivity index (χ0v) is 17.2. The summed E-state index contributed by atoms with van der Waals surface area (Å²) in [5, 5.41) is 8.82. The highest BCUT2D eigenvalue weighted by Crippen LogP contribution is 2.40. The van der Waals surface area contributed by atoms with Crippen LogP contribution in [0.25, 0.3) is 0 Å². The molecular formula is C25H32F3N. The predicted molar refractivity (Wildman–Crippen MR) is 110 cm³/mol. The van der Waals surface area contributed by atoms with Crippen LogP contribution in [0.1, 0.15) is 87.7 Å². The number of nitrogens with zero attached hydrogens (tertiary/aromatic N) is 1. The minimum Gasteiger partial charge on any atom is -0.251 e. The molecule has 1 aromatic carbocycles. The Morgan fingerprint density at radius 1 is 0.897 bits per heavy atom. The van der Waals surface area contributed by atoms with Gasteiger partial charge in [-0.25, -0.2) is 8.78 Å². The second kappa shape index (κ2) is 10.9. The first kappa shape index (κ1) is 21.9. The maximum Gasteiger partial charge on any atom is 0.144 e. The first-order valence-electron chi connectivity index (χ1n) is 11.2. The second-order valence-electron chi connectivity index (χ2n) is 8.95. The molecule has 3 rings (SSSR count). The molecule has 0 aromatic heterocycles. The van der Waals surface area contributed by atoms with Gasteiger partial charge < -0.3 is 0 Å². The van der Waals surface area contributed by atoms with E-state index in [9.17, 15) is 13.2 Å². The quantitative estimate of drug-likeness (QED) is 0.430. The molecule has 158 valence electrons. The summed E-state index contributed by atoms with van der Waals surface area (Å²) in [7, 11) is 0. The summed E-state index contributed by atoms with van der Waals surface area (Å²) in [6, 6.07) is 4.30. The summed E-state index contributed by atoms with van der Waals surface area (Å²) in [6.07, 6.45) is 16.5. The highest BCUT2D eigenvalue weighted by molar-refractivity contribution is 5.36. The molecule has 0 spiro atoms. The van der Waals surface area contributed by atoms with Crippen molar-refractivity contribution in [2.24, 2.45) is 17.8 Å². The average molecular weight is 404 g/mol. The van der Waals surface area contributed by atoms with E-state index in [1.807, 2.05) is 6.08 Å². The number of rotatable bonds is 7. The van der Waals surface area contributed by atoms with Gasteiger partial charge in [0, 0.05) is 0 Å². The van der Waals surface area contributed by atoms with E-state index in [1.54, 1.807) is 6.07 Å². The Labute approximate surface area is 173 Å². The Morgan fingerprint density at radius 3 is 1.97 bits per heavy atom. The molecule has 1 nitrogen and oxygen atoms in total. The predicted octanol–water partition coefficient (Wildman–Crippen LogP) is 7.61. The average Bonchev–Trinajstić information content (AvgIpc) is 2.73. The standard InChI is InChI=1S/C25H32F3N/c26-14-2-1-3-18-4-6-19(7-5-18)8-9-20-10-12-21(13-11-20)22-15-24(27)23(17-29)25(28)16-22/h1,3,15-16,18-21H,2,4-14H2/b3-1+/t18-,19-,20?,21?. The molecule has 0 amide bonds. The van der Waals surface area contributed by atoms with Crippen molar-refractivity contribution in [2.45, 2.75) is 76.5 Å². The van der Waals surface area contributed by atoms with Gasteiger partial charge in [-0.15, -0.1) is 0 Å². The third kappa shape index (κ3) is 6.11. The van der Waals surface area contributed by atoms with E-state index in [2.05, 4.69) is 6.08 Å². The lowest BCUT2D eigenvalue weighted by Crippen LogP contribution is -2.17. The largest absolute Gasteiger partial charge is 0.251 e. The minimum absolute atomic E-state index is 0.203. The maximum absolute atomic E-state index is 13.9. The van der Waals surface area contributed by atoms with Gasteiger partial charge in [0.05, 0.1) is 6.67 Å². The lowest BCUT2D eigenvalue weighted by Gasteiger charge is -2.31. The summed E-state index contributed by atoms with van der Waals surface area (Å²) in [6.45, 7) is -0.261. The van der Waals surface area contributed by atoms with Gasteiger partial charge >= 0.3 is 0 Å². The molecule has 1 aromatic rings. The van der Waals surface area contributed by atoms with Crippen molar-refractivity contribution < 1.29 is 13.2 Å². The number of benzene rings is 1. The van der Waals surface area contributed by atoms with E-state index in [-0.39, 0.29) is 12.6 Å². The molecule has 2 aliphatic carbocycles. The van der Waals surface area contributed by atoms with Crippen molar-refractivity contribution >= 4 is 0 Å². The molecule has 2 aliphatic rings. The van der Waals surface area contributed by atoms with E-state index < -0.39 is 17.2 Å². The normalized spacial score (nSPS) is 27.8. The highest BCUT2D eigenvalue weighted by Gasteiger charge is 2.26. The molecule has 0 heterocycles. The Hall–Kier alpha value is -1.76. The summed E-state index contributed by atoms with van der Waals surface area (Å²) in [5.41, 5.74) is 0.228. The highest BCUT2D eigenvalue weighted by atomic mass is 19.1. The van der Waals surface area contributed by atoms with Crippen LogP contribution >= 0.6 is 0 Å². The van der Waals surface area contributed by atoms with E-state index >= 15 is 0 Å². The third-order valence-electron chi connectivity index (χ3n) is 7.05. The van der Waals surface area contributed by atoms with Crippen LogP contribution in [0.15, 0.2) is 24.3 Å². The van der Waals surface area contributed by atoms with Crippen molar-refractivity contribution in [1.82, 2.24) is 0 Å². The molecule has 0 bridgehead atoms. The van der Waals surface area contributed by atoms with Gasteiger partial charge in [-0.05, 0) is 99.2 Å². The molecular weight excluding hydrogens is 371 g/mol.